The molecule has 1 aromatic rings. The molecule has 1 nitrogen and oxygen atoms in total. The molecule has 1 fully saturated rings. The fraction of sp³-hybridized carbons (Fsp3) is 0.667. The van der Waals surface area contributed by atoms with Crippen LogP contribution in [0.25, 0.3) is 0 Å². The second kappa shape index (κ2) is 7.09. The third-order valence-corrected chi connectivity index (χ3v) is 4.51. The van der Waals surface area contributed by atoms with Crippen LogP contribution in [-0.2, 0) is 6.42 Å². The van der Waals surface area contributed by atoms with Gasteiger partial charge in [0.2, 0.25) is 0 Å². The van der Waals surface area contributed by atoms with Crippen molar-refractivity contribution in [2.75, 3.05) is 6.54 Å². The van der Waals surface area contributed by atoms with E-state index >= 15 is 0 Å². The first-order chi connectivity index (χ1) is 9.13. The maximum atomic E-state index is 3.73. The zero-order valence-corrected chi connectivity index (χ0v) is 12.8. The third kappa shape index (κ3) is 4.99. The average Bonchev–Trinajstić information content (AvgIpc) is 2.80. The van der Waals surface area contributed by atoms with Gasteiger partial charge in [-0.25, -0.2) is 0 Å². The molecule has 0 heterocycles. The van der Waals surface area contributed by atoms with Crippen molar-refractivity contribution in [1.29, 1.82) is 0 Å². The van der Waals surface area contributed by atoms with Crippen LogP contribution in [0, 0.1) is 18.8 Å². The molecule has 106 valence electrons. The van der Waals surface area contributed by atoms with Crippen LogP contribution in [0.15, 0.2) is 24.3 Å². The number of hydrogen-bond donors (Lipinski definition) is 1. The van der Waals surface area contributed by atoms with Gasteiger partial charge in [-0.3, -0.25) is 0 Å². The first kappa shape index (κ1) is 14.6. The minimum Gasteiger partial charge on any atom is -0.314 e. The molecule has 0 saturated heterocycles. The lowest BCUT2D eigenvalue weighted by Crippen LogP contribution is -2.30. The van der Waals surface area contributed by atoms with E-state index in [4.69, 9.17) is 0 Å². The Labute approximate surface area is 118 Å². The quantitative estimate of drug-likeness (QED) is 0.801. The van der Waals surface area contributed by atoms with E-state index in [9.17, 15) is 0 Å². The molecule has 3 atom stereocenters. The lowest BCUT2D eigenvalue weighted by atomic mass is 10.0. The minimum absolute atomic E-state index is 0.636. The summed E-state index contributed by atoms with van der Waals surface area (Å²) in [6, 6.07) is 9.54. The van der Waals surface area contributed by atoms with Gasteiger partial charge in [-0.15, -0.1) is 0 Å². The molecule has 0 radical (unpaired) electrons. The molecular weight excluding hydrogens is 230 g/mol. The Bertz CT molecular complexity index is 385. The van der Waals surface area contributed by atoms with Gasteiger partial charge < -0.3 is 5.32 Å². The van der Waals surface area contributed by atoms with Crippen LogP contribution in [0.3, 0.4) is 0 Å². The van der Waals surface area contributed by atoms with Crippen molar-refractivity contribution in [3.05, 3.63) is 35.4 Å². The van der Waals surface area contributed by atoms with Gasteiger partial charge in [-0.1, -0.05) is 43.2 Å². The summed E-state index contributed by atoms with van der Waals surface area (Å²) in [5.41, 5.74) is 2.85. The van der Waals surface area contributed by atoms with Crippen molar-refractivity contribution in [1.82, 2.24) is 5.32 Å². The number of nitrogens with one attached hydrogen (secondary N) is 1. The number of rotatable bonds is 6. The Morgan fingerprint density at radius 1 is 1.32 bits per heavy atom. The van der Waals surface area contributed by atoms with E-state index in [0.717, 1.165) is 11.8 Å². The van der Waals surface area contributed by atoms with Crippen molar-refractivity contribution in [2.24, 2.45) is 11.8 Å². The molecule has 1 heteroatoms. The topological polar surface area (TPSA) is 12.0 Å². The Kier molecular flexibility index (Phi) is 5.45. The molecule has 1 aliphatic rings. The highest BCUT2D eigenvalue weighted by atomic mass is 14.9. The van der Waals surface area contributed by atoms with Crippen LogP contribution >= 0.6 is 0 Å². The molecule has 0 amide bonds. The predicted molar refractivity (Wildman–Crippen MR) is 83.5 cm³/mol. The van der Waals surface area contributed by atoms with Gasteiger partial charge in [0.1, 0.15) is 0 Å². The molecule has 2 rings (SSSR count). The molecule has 0 aromatic heterocycles. The van der Waals surface area contributed by atoms with E-state index in [1.54, 1.807) is 0 Å². The van der Waals surface area contributed by atoms with Crippen molar-refractivity contribution >= 4 is 0 Å². The molecule has 1 aromatic carbocycles. The highest BCUT2D eigenvalue weighted by Crippen LogP contribution is 2.29. The summed E-state index contributed by atoms with van der Waals surface area (Å²) in [6.07, 6.45) is 6.73. The number of benzene rings is 1. The Morgan fingerprint density at radius 2 is 2.16 bits per heavy atom. The van der Waals surface area contributed by atoms with E-state index in [1.807, 2.05) is 0 Å². The fourth-order valence-electron chi connectivity index (χ4n) is 3.23. The van der Waals surface area contributed by atoms with Gasteiger partial charge in [0.25, 0.3) is 0 Å². The normalized spacial score (nSPS) is 24.6. The first-order valence-electron chi connectivity index (χ1n) is 7.92. The summed E-state index contributed by atoms with van der Waals surface area (Å²) >= 11 is 0. The van der Waals surface area contributed by atoms with Crippen molar-refractivity contribution in [3.8, 4) is 0 Å². The smallest absolute Gasteiger partial charge is 0.00420 e. The van der Waals surface area contributed by atoms with E-state index in [1.165, 1.54) is 49.8 Å². The molecule has 3 unspecified atom stereocenters. The lowest BCUT2D eigenvalue weighted by molar-refractivity contribution is 0.422. The average molecular weight is 259 g/mol. The van der Waals surface area contributed by atoms with Gasteiger partial charge in [-0.2, -0.15) is 0 Å². The molecule has 0 aliphatic heterocycles. The summed E-state index contributed by atoms with van der Waals surface area (Å²) in [4.78, 5) is 0. The van der Waals surface area contributed by atoms with Crippen LogP contribution in [0.5, 0.6) is 0 Å². The van der Waals surface area contributed by atoms with E-state index in [2.05, 4.69) is 50.4 Å². The van der Waals surface area contributed by atoms with E-state index in [-0.39, 0.29) is 0 Å². The SMILES string of the molecule is Cc1cccc(CCC(C)NCC2CCC(C)C2)c1. The predicted octanol–water partition coefficient (Wildman–Crippen LogP) is 4.34. The molecule has 0 spiro atoms. The fourth-order valence-corrected chi connectivity index (χ4v) is 3.23. The largest absolute Gasteiger partial charge is 0.314 e. The third-order valence-electron chi connectivity index (χ3n) is 4.51. The van der Waals surface area contributed by atoms with Crippen molar-refractivity contribution < 1.29 is 0 Å². The minimum atomic E-state index is 0.636. The second-order valence-electron chi connectivity index (χ2n) is 6.62. The summed E-state index contributed by atoms with van der Waals surface area (Å²) in [5, 5.41) is 3.73. The number of aryl methyl sites for hydroxylation is 2. The second-order valence-corrected chi connectivity index (χ2v) is 6.62. The van der Waals surface area contributed by atoms with Crippen LogP contribution < -0.4 is 5.32 Å². The van der Waals surface area contributed by atoms with Crippen molar-refractivity contribution in [2.45, 2.75) is 58.9 Å². The zero-order valence-electron chi connectivity index (χ0n) is 12.8. The first-order valence-corrected chi connectivity index (χ1v) is 7.92. The van der Waals surface area contributed by atoms with Crippen LogP contribution in [0.4, 0.5) is 0 Å². The number of hydrogen-bond acceptors (Lipinski definition) is 1. The monoisotopic (exact) mass is 259 g/mol. The molecule has 1 N–H and O–H groups in total. The summed E-state index contributed by atoms with van der Waals surface area (Å²) in [5.74, 6) is 1.88. The molecular formula is C18H29N. The lowest BCUT2D eigenvalue weighted by Gasteiger charge is -2.17. The molecule has 0 bridgehead atoms. The van der Waals surface area contributed by atoms with Gasteiger partial charge in [0.15, 0.2) is 0 Å². The van der Waals surface area contributed by atoms with Crippen LogP contribution in [0.2, 0.25) is 0 Å². The summed E-state index contributed by atoms with van der Waals surface area (Å²) in [7, 11) is 0. The summed E-state index contributed by atoms with van der Waals surface area (Å²) < 4.78 is 0. The van der Waals surface area contributed by atoms with E-state index < -0.39 is 0 Å². The highest BCUT2D eigenvalue weighted by molar-refractivity contribution is 5.22. The van der Waals surface area contributed by atoms with Gasteiger partial charge in [0, 0.05) is 6.04 Å². The van der Waals surface area contributed by atoms with Crippen LogP contribution in [-0.4, -0.2) is 12.6 Å². The van der Waals surface area contributed by atoms with Crippen LogP contribution in [0.1, 0.15) is 50.7 Å². The van der Waals surface area contributed by atoms with Gasteiger partial charge >= 0.3 is 0 Å². The van der Waals surface area contributed by atoms with Gasteiger partial charge in [-0.05, 0) is 63.5 Å². The Morgan fingerprint density at radius 3 is 2.84 bits per heavy atom. The Hall–Kier alpha value is -0.820. The summed E-state index contributed by atoms with van der Waals surface area (Å²) in [6.45, 7) is 8.11. The molecule has 1 saturated carbocycles. The Balaban J connectivity index is 1.65. The maximum Gasteiger partial charge on any atom is 0.00420 e. The van der Waals surface area contributed by atoms with E-state index in [0.29, 0.717) is 6.04 Å². The van der Waals surface area contributed by atoms with Crippen molar-refractivity contribution in [3.63, 3.8) is 0 Å². The molecule has 19 heavy (non-hydrogen) atoms. The molecule has 1 aliphatic carbocycles. The van der Waals surface area contributed by atoms with Gasteiger partial charge in [0.05, 0.1) is 0 Å². The maximum absolute atomic E-state index is 3.73. The zero-order chi connectivity index (χ0) is 13.7. The standard InChI is InChI=1S/C18H29N/c1-14-5-4-6-17(11-14)10-8-16(3)19-13-18-9-7-15(2)12-18/h4-6,11,15-16,18-19H,7-10,12-13H2,1-3H3. The highest BCUT2D eigenvalue weighted by Gasteiger charge is 2.21.